The van der Waals surface area contributed by atoms with Crippen molar-refractivity contribution in [1.29, 1.82) is 0 Å². The highest BCUT2D eigenvalue weighted by molar-refractivity contribution is 7.89. The fraction of sp³-hybridized carbons (Fsp3) is 0.370. The Balaban J connectivity index is 1.24. The third kappa shape index (κ3) is 5.17. The van der Waals surface area contributed by atoms with Gasteiger partial charge in [-0.1, -0.05) is 0 Å². The molecule has 0 N–H and O–H groups in total. The molecule has 1 saturated heterocycles. The summed E-state index contributed by atoms with van der Waals surface area (Å²) in [5.74, 6) is 1.52. The van der Waals surface area contributed by atoms with Crippen LogP contribution in [0.1, 0.15) is 25.8 Å². The summed E-state index contributed by atoms with van der Waals surface area (Å²) in [6, 6.07) is 16.7. The van der Waals surface area contributed by atoms with Crippen LogP contribution in [0, 0.1) is 0 Å². The monoisotopic (exact) mass is 521 g/mol. The predicted molar refractivity (Wildman–Crippen MR) is 142 cm³/mol. The molecular formula is C27H31N5O4S. The van der Waals surface area contributed by atoms with Gasteiger partial charge >= 0.3 is 0 Å². The van der Waals surface area contributed by atoms with Crippen LogP contribution in [0.15, 0.2) is 59.5 Å². The minimum absolute atomic E-state index is 0.0247. The van der Waals surface area contributed by atoms with Gasteiger partial charge in [0.15, 0.2) is 5.82 Å². The van der Waals surface area contributed by atoms with Crippen LogP contribution in [0.3, 0.4) is 0 Å². The van der Waals surface area contributed by atoms with Crippen LogP contribution in [-0.4, -0.2) is 68.2 Å². The van der Waals surface area contributed by atoms with E-state index in [4.69, 9.17) is 4.74 Å². The minimum atomic E-state index is -3.63. The molecule has 10 heteroatoms. The summed E-state index contributed by atoms with van der Waals surface area (Å²) >= 11 is 0. The predicted octanol–water partition coefficient (Wildman–Crippen LogP) is 3.35. The van der Waals surface area contributed by atoms with Gasteiger partial charge in [-0.2, -0.15) is 4.31 Å². The Kier molecular flexibility index (Phi) is 7.12. The molecule has 3 aromatic rings. The van der Waals surface area contributed by atoms with Crippen molar-refractivity contribution >= 4 is 27.4 Å². The van der Waals surface area contributed by atoms with Gasteiger partial charge in [0.2, 0.25) is 15.9 Å². The van der Waals surface area contributed by atoms with Crippen molar-refractivity contribution in [3.05, 3.63) is 60.2 Å². The molecule has 2 aliphatic rings. The highest BCUT2D eigenvalue weighted by Gasteiger charge is 2.30. The molecule has 194 valence electrons. The van der Waals surface area contributed by atoms with Crippen molar-refractivity contribution < 1.29 is 17.9 Å². The first-order valence-corrected chi connectivity index (χ1v) is 14.0. The summed E-state index contributed by atoms with van der Waals surface area (Å²) in [7, 11) is -3.63. The number of amides is 1. The Bertz CT molecular complexity index is 1370. The van der Waals surface area contributed by atoms with Gasteiger partial charge < -0.3 is 14.5 Å². The maximum absolute atomic E-state index is 13.4. The number of carbonyl (C=O) groups excluding carboxylic acids is 1. The van der Waals surface area contributed by atoms with Gasteiger partial charge in [-0.25, -0.2) is 8.42 Å². The molecule has 0 saturated carbocycles. The van der Waals surface area contributed by atoms with E-state index in [1.165, 1.54) is 11.2 Å². The Morgan fingerprint density at radius 2 is 1.70 bits per heavy atom. The van der Waals surface area contributed by atoms with E-state index in [2.05, 4.69) is 15.1 Å². The quantitative estimate of drug-likeness (QED) is 0.491. The third-order valence-electron chi connectivity index (χ3n) is 6.86. The van der Waals surface area contributed by atoms with Crippen molar-refractivity contribution in [2.24, 2.45) is 0 Å². The van der Waals surface area contributed by atoms with E-state index < -0.39 is 10.0 Å². The average Bonchev–Trinajstić information content (AvgIpc) is 2.93. The van der Waals surface area contributed by atoms with Crippen LogP contribution < -0.4 is 14.5 Å². The van der Waals surface area contributed by atoms with Crippen molar-refractivity contribution in [2.45, 2.75) is 31.6 Å². The molecule has 0 bridgehead atoms. The van der Waals surface area contributed by atoms with Crippen molar-refractivity contribution in [3.63, 3.8) is 0 Å². The largest absolute Gasteiger partial charge is 0.494 e. The van der Waals surface area contributed by atoms with Crippen molar-refractivity contribution in [1.82, 2.24) is 14.5 Å². The zero-order chi connectivity index (χ0) is 26.0. The second-order valence-corrected chi connectivity index (χ2v) is 11.1. The second-order valence-electron chi connectivity index (χ2n) is 9.19. The van der Waals surface area contributed by atoms with Gasteiger partial charge in [0.1, 0.15) is 5.75 Å². The molecule has 0 atom stereocenters. The number of sulfonamides is 1. The number of benzene rings is 2. The molecule has 1 aromatic heterocycles. The fourth-order valence-corrected chi connectivity index (χ4v) is 6.38. The van der Waals surface area contributed by atoms with E-state index in [1.807, 2.05) is 43.3 Å². The van der Waals surface area contributed by atoms with Crippen molar-refractivity contribution in [2.75, 3.05) is 49.1 Å². The maximum Gasteiger partial charge on any atom is 0.243 e. The van der Waals surface area contributed by atoms with E-state index in [1.54, 1.807) is 23.1 Å². The molecular weight excluding hydrogens is 490 g/mol. The van der Waals surface area contributed by atoms with E-state index in [9.17, 15) is 13.2 Å². The molecule has 0 aliphatic carbocycles. The minimum Gasteiger partial charge on any atom is -0.494 e. The third-order valence-corrected chi connectivity index (χ3v) is 8.76. The smallest absolute Gasteiger partial charge is 0.243 e. The van der Waals surface area contributed by atoms with Crippen LogP contribution in [0.5, 0.6) is 5.75 Å². The van der Waals surface area contributed by atoms with Gasteiger partial charge in [-0.3, -0.25) is 4.79 Å². The first kappa shape index (κ1) is 25.2. The number of anilines is 2. The first-order chi connectivity index (χ1) is 17.9. The number of nitrogens with zero attached hydrogens (tertiary/aromatic N) is 5. The van der Waals surface area contributed by atoms with Crippen LogP contribution in [0.2, 0.25) is 0 Å². The fourth-order valence-electron chi connectivity index (χ4n) is 4.90. The lowest BCUT2D eigenvalue weighted by Gasteiger charge is -2.35. The van der Waals surface area contributed by atoms with Gasteiger partial charge in [-0.05, 0) is 79.9 Å². The Morgan fingerprint density at radius 3 is 2.35 bits per heavy atom. The molecule has 5 rings (SSSR count). The van der Waals surface area contributed by atoms with Gasteiger partial charge in [0.25, 0.3) is 0 Å². The number of aromatic nitrogens is 2. The SMILES string of the molecule is CCOc1ccc(-c2ccc(N3CCN(S(=O)(=O)c4ccc5c(c4)CCCN5C(C)=O)CC3)nn2)cc1. The number of carbonyl (C=O) groups is 1. The highest BCUT2D eigenvalue weighted by Crippen LogP contribution is 2.31. The molecule has 0 spiro atoms. The average molecular weight is 522 g/mol. The lowest BCUT2D eigenvalue weighted by atomic mass is 10.0. The van der Waals surface area contributed by atoms with E-state index in [0.29, 0.717) is 39.3 Å². The number of piperazine rings is 1. The molecule has 3 heterocycles. The van der Waals surface area contributed by atoms with E-state index >= 15 is 0 Å². The molecule has 37 heavy (non-hydrogen) atoms. The Labute approximate surface area is 217 Å². The summed E-state index contributed by atoms with van der Waals surface area (Å²) in [5.41, 5.74) is 3.44. The van der Waals surface area contributed by atoms with Crippen LogP contribution in [0.25, 0.3) is 11.3 Å². The molecule has 2 aromatic carbocycles. The summed E-state index contributed by atoms with van der Waals surface area (Å²) in [4.78, 5) is 16.0. The van der Waals surface area contributed by atoms with Gasteiger partial charge in [0, 0.05) is 50.9 Å². The lowest BCUT2D eigenvalue weighted by molar-refractivity contribution is -0.116. The Morgan fingerprint density at radius 1 is 0.946 bits per heavy atom. The summed E-state index contributed by atoms with van der Waals surface area (Å²) in [5, 5.41) is 8.78. The van der Waals surface area contributed by atoms with Gasteiger partial charge in [0.05, 0.1) is 17.2 Å². The summed E-state index contributed by atoms with van der Waals surface area (Å²) in [6.45, 7) is 6.56. The lowest BCUT2D eigenvalue weighted by Crippen LogP contribution is -2.49. The zero-order valence-corrected chi connectivity index (χ0v) is 21.9. The van der Waals surface area contributed by atoms with Crippen LogP contribution in [0.4, 0.5) is 11.5 Å². The van der Waals surface area contributed by atoms with Gasteiger partial charge in [-0.15, -0.1) is 10.2 Å². The first-order valence-electron chi connectivity index (χ1n) is 12.6. The topological polar surface area (TPSA) is 95.9 Å². The number of hydrogen-bond acceptors (Lipinski definition) is 7. The normalized spacial score (nSPS) is 16.4. The maximum atomic E-state index is 13.4. The standard InChI is InChI=1S/C27H31N5O4S/c1-3-36-23-8-6-21(7-9-23)25-11-13-27(29-28-25)30-15-17-31(18-16-30)37(34,35)24-10-12-26-22(19-24)5-4-14-32(26)20(2)33/h6-13,19H,3-5,14-18H2,1-2H3. The summed E-state index contributed by atoms with van der Waals surface area (Å²) < 4.78 is 33.8. The number of fused-ring (bicyclic) bond motifs is 1. The van der Waals surface area contributed by atoms with E-state index in [0.717, 1.165) is 46.9 Å². The highest BCUT2D eigenvalue weighted by atomic mass is 32.2. The Hall–Kier alpha value is -3.50. The number of rotatable bonds is 6. The number of hydrogen-bond donors (Lipinski definition) is 0. The molecule has 0 unspecified atom stereocenters. The molecule has 9 nitrogen and oxygen atoms in total. The molecule has 1 fully saturated rings. The zero-order valence-electron chi connectivity index (χ0n) is 21.1. The number of ether oxygens (including phenoxy) is 1. The molecule has 0 radical (unpaired) electrons. The van der Waals surface area contributed by atoms with Crippen LogP contribution in [-0.2, 0) is 21.2 Å². The van der Waals surface area contributed by atoms with Crippen molar-refractivity contribution in [3.8, 4) is 17.0 Å². The molecule has 1 amide bonds. The van der Waals surface area contributed by atoms with Crippen LogP contribution >= 0.6 is 0 Å². The molecule has 2 aliphatic heterocycles. The second kappa shape index (κ2) is 10.5. The summed E-state index contributed by atoms with van der Waals surface area (Å²) in [6.07, 6.45) is 1.59. The van der Waals surface area contributed by atoms with E-state index in [-0.39, 0.29) is 10.8 Å². The number of aryl methyl sites for hydroxylation is 1.